The molecular weight excluding hydrogens is 504 g/mol. The van der Waals surface area contributed by atoms with E-state index < -0.39 is 36.7 Å². The van der Waals surface area contributed by atoms with Gasteiger partial charge >= 0.3 is 23.9 Å². The van der Waals surface area contributed by atoms with Crippen molar-refractivity contribution in [2.45, 2.75) is 26.7 Å². The van der Waals surface area contributed by atoms with Gasteiger partial charge in [0, 0.05) is 20.2 Å². The van der Waals surface area contributed by atoms with E-state index in [1.165, 1.54) is 22.7 Å². The topological polar surface area (TPSA) is 105 Å². The maximum absolute atomic E-state index is 12.6. The summed E-state index contributed by atoms with van der Waals surface area (Å²) in [6.45, 7) is 3.61. The Balaban J connectivity index is 1.78. The van der Waals surface area contributed by atoms with Gasteiger partial charge in [0.25, 0.3) is 0 Å². The van der Waals surface area contributed by atoms with Crippen LogP contribution in [0.4, 0.5) is 0 Å². The van der Waals surface area contributed by atoms with E-state index in [0.29, 0.717) is 20.5 Å². The second-order valence-corrected chi connectivity index (χ2v) is 9.53. The van der Waals surface area contributed by atoms with Gasteiger partial charge in [-0.3, -0.25) is 19.2 Å². The van der Waals surface area contributed by atoms with E-state index in [4.69, 9.17) is 18.9 Å². The Morgan fingerprint density at radius 1 is 0.611 bits per heavy atom. The molecule has 4 aromatic rings. The van der Waals surface area contributed by atoms with Crippen LogP contribution in [0.15, 0.2) is 48.5 Å². The predicted molar refractivity (Wildman–Crippen MR) is 136 cm³/mol. The molecule has 0 amide bonds. The number of carbonyl (C=O) groups is 4. The van der Waals surface area contributed by atoms with Crippen molar-refractivity contribution in [2.75, 3.05) is 13.2 Å². The number of carbonyl (C=O) groups excluding carboxylic acids is 4. The minimum atomic E-state index is -0.764. The van der Waals surface area contributed by atoms with Crippen LogP contribution < -0.4 is 9.47 Å². The molecule has 0 N–H and O–H groups in total. The summed E-state index contributed by atoms with van der Waals surface area (Å²) in [5, 5.41) is 1.35. The number of hydrogen-bond acceptors (Lipinski definition) is 10. The summed E-state index contributed by atoms with van der Waals surface area (Å²) < 4.78 is 22.8. The molecule has 2 heterocycles. The minimum Gasteiger partial charge on any atom is -0.466 e. The summed E-state index contributed by atoms with van der Waals surface area (Å²) in [5.74, 6) is -2.36. The van der Waals surface area contributed by atoms with Crippen LogP contribution in [0, 0.1) is 0 Å². The molecule has 0 spiro atoms. The Hall–Kier alpha value is -3.76. The molecule has 0 aliphatic carbocycles. The summed E-state index contributed by atoms with van der Waals surface area (Å²) in [7, 11) is 0. The molecule has 0 aliphatic heterocycles. The Bertz CT molecular complexity index is 1340. The number of fused-ring (bicyclic) bond motifs is 2. The number of thiophene rings is 2. The van der Waals surface area contributed by atoms with E-state index in [2.05, 4.69) is 0 Å². The highest BCUT2D eigenvalue weighted by Gasteiger charge is 2.27. The molecule has 0 aliphatic rings. The molecular formula is C26H22O8S2. The number of esters is 4. The van der Waals surface area contributed by atoms with Crippen molar-refractivity contribution in [1.29, 1.82) is 0 Å². The normalized spacial score (nSPS) is 10.8. The molecule has 10 heteroatoms. The molecule has 0 radical (unpaired) electrons. The molecule has 186 valence electrons. The molecule has 36 heavy (non-hydrogen) atoms. The van der Waals surface area contributed by atoms with Gasteiger partial charge in [0.1, 0.15) is 12.8 Å². The average molecular weight is 527 g/mol. The van der Waals surface area contributed by atoms with Crippen LogP contribution in [0.1, 0.15) is 26.7 Å². The first-order valence-corrected chi connectivity index (χ1v) is 12.8. The van der Waals surface area contributed by atoms with Gasteiger partial charge in [-0.05, 0) is 38.1 Å². The molecule has 4 rings (SSSR count). The molecule has 0 saturated carbocycles. The van der Waals surface area contributed by atoms with Gasteiger partial charge in [0.15, 0.2) is 11.5 Å². The quantitative estimate of drug-likeness (QED) is 0.208. The number of rotatable bonds is 9. The summed E-state index contributed by atoms with van der Waals surface area (Å²) in [6, 6.07) is 14.7. The van der Waals surface area contributed by atoms with E-state index in [1.807, 2.05) is 48.5 Å². The standard InChI is InChI=1S/C26H22O8S2/c1-3-31-19(27)13-21(29)33-23-15-9-5-7-11-17(15)35-25(23)26-24(16-10-6-8-12-18(16)36-26)34-22(30)14-20(28)32-4-2/h5-12H,3-4,13-14H2,1-2H3. The largest absolute Gasteiger partial charge is 0.466 e. The molecule has 0 fully saturated rings. The monoisotopic (exact) mass is 526 g/mol. The zero-order valence-corrected chi connectivity index (χ0v) is 21.2. The summed E-state index contributed by atoms with van der Waals surface area (Å²) in [4.78, 5) is 49.9. The number of ether oxygens (including phenoxy) is 4. The highest BCUT2D eigenvalue weighted by molar-refractivity contribution is 7.29. The number of benzene rings is 2. The molecule has 0 bridgehead atoms. The zero-order chi connectivity index (χ0) is 25.7. The lowest BCUT2D eigenvalue weighted by Crippen LogP contribution is -2.16. The molecule has 0 saturated heterocycles. The molecule has 0 unspecified atom stereocenters. The minimum absolute atomic E-state index is 0.154. The SMILES string of the molecule is CCOC(=O)CC(=O)Oc1c(-c2sc3ccccc3c2OC(=O)CC(=O)OCC)sc2ccccc12. The molecule has 8 nitrogen and oxygen atoms in total. The third-order valence-electron chi connectivity index (χ3n) is 4.93. The van der Waals surface area contributed by atoms with Gasteiger partial charge in [-0.15, -0.1) is 22.7 Å². The van der Waals surface area contributed by atoms with Crippen LogP contribution in [-0.2, 0) is 28.7 Å². The van der Waals surface area contributed by atoms with Gasteiger partial charge in [-0.25, -0.2) is 0 Å². The highest BCUT2D eigenvalue weighted by Crippen LogP contribution is 2.53. The van der Waals surface area contributed by atoms with Gasteiger partial charge in [0.2, 0.25) is 0 Å². The molecule has 0 atom stereocenters. The van der Waals surface area contributed by atoms with Crippen LogP contribution in [0.25, 0.3) is 29.9 Å². The first kappa shape index (κ1) is 25.3. The summed E-state index contributed by atoms with van der Waals surface area (Å²) in [6.07, 6.45) is -1.07. The second-order valence-electron chi connectivity index (χ2n) is 7.42. The van der Waals surface area contributed by atoms with E-state index in [-0.39, 0.29) is 24.7 Å². The smallest absolute Gasteiger partial charge is 0.322 e. The first-order valence-electron chi connectivity index (χ1n) is 11.2. The van der Waals surface area contributed by atoms with Gasteiger partial charge < -0.3 is 18.9 Å². The van der Waals surface area contributed by atoms with Crippen molar-refractivity contribution in [1.82, 2.24) is 0 Å². The maximum atomic E-state index is 12.6. The summed E-state index contributed by atoms with van der Waals surface area (Å²) >= 11 is 2.72. The third kappa shape index (κ3) is 5.55. The Kier molecular flexibility index (Phi) is 7.97. The van der Waals surface area contributed by atoms with Crippen molar-refractivity contribution in [3.05, 3.63) is 48.5 Å². The van der Waals surface area contributed by atoms with Gasteiger partial charge in [0.05, 0.1) is 23.0 Å². The predicted octanol–water partition coefficient (Wildman–Crippen LogP) is 5.50. The Morgan fingerprint density at radius 2 is 1.00 bits per heavy atom. The van der Waals surface area contributed by atoms with Crippen LogP contribution in [0.2, 0.25) is 0 Å². The second kappa shape index (κ2) is 11.3. The fourth-order valence-electron chi connectivity index (χ4n) is 3.50. The Labute approximate surface area is 214 Å². The lowest BCUT2D eigenvalue weighted by Gasteiger charge is -2.09. The fraction of sp³-hybridized carbons (Fsp3) is 0.231. The highest BCUT2D eigenvalue weighted by atomic mass is 32.1. The third-order valence-corrected chi connectivity index (χ3v) is 7.39. The number of hydrogen-bond donors (Lipinski definition) is 0. The molecule has 2 aromatic heterocycles. The average Bonchev–Trinajstić information content (AvgIpc) is 3.37. The fourth-order valence-corrected chi connectivity index (χ4v) is 5.89. The van der Waals surface area contributed by atoms with E-state index >= 15 is 0 Å². The summed E-state index contributed by atoms with van der Waals surface area (Å²) in [5.41, 5.74) is 0. The van der Waals surface area contributed by atoms with Crippen molar-refractivity contribution in [3.8, 4) is 21.3 Å². The van der Waals surface area contributed by atoms with Crippen LogP contribution in [0.5, 0.6) is 11.5 Å². The van der Waals surface area contributed by atoms with Crippen molar-refractivity contribution in [2.24, 2.45) is 0 Å². The zero-order valence-electron chi connectivity index (χ0n) is 19.5. The van der Waals surface area contributed by atoms with Crippen molar-refractivity contribution < 1.29 is 38.1 Å². The van der Waals surface area contributed by atoms with Gasteiger partial charge in [-0.1, -0.05) is 24.3 Å². The van der Waals surface area contributed by atoms with Crippen LogP contribution >= 0.6 is 22.7 Å². The van der Waals surface area contributed by atoms with E-state index in [1.54, 1.807) is 13.8 Å². The van der Waals surface area contributed by atoms with Crippen LogP contribution in [-0.4, -0.2) is 37.1 Å². The lowest BCUT2D eigenvalue weighted by atomic mass is 10.2. The molecule has 2 aromatic carbocycles. The van der Waals surface area contributed by atoms with Crippen molar-refractivity contribution >= 4 is 66.7 Å². The van der Waals surface area contributed by atoms with Crippen LogP contribution in [0.3, 0.4) is 0 Å². The Morgan fingerprint density at radius 3 is 1.39 bits per heavy atom. The van der Waals surface area contributed by atoms with Crippen molar-refractivity contribution in [3.63, 3.8) is 0 Å². The van der Waals surface area contributed by atoms with Gasteiger partial charge in [-0.2, -0.15) is 0 Å². The van der Waals surface area contributed by atoms with E-state index in [0.717, 1.165) is 9.40 Å². The lowest BCUT2D eigenvalue weighted by molar-refractivity contribution is -0.151. The van der Waals surface area contributed by atoms with E-state index in [9.17, 15) is 19.2 Å². The maximum Gasteiger partial charge on any atom is 0.322 e. The first-order chi connectivity index (χ1) is 17.4.